The van der Waals surface area contributed by atoms with Crippen LogP contribution in [0.1, 0.15) is 33.6 Å². The van der Waals surface area contributed by atoms with E-state index >= 15 is 0 Å². The van der Waals surface area contributed by atoms with Crippen LogP contribution in [0.2, 0.25) is 0 Å². The molecular weight excluding hydrogens is 258 g/mol. The first-order valence-corrected chi connectivity index (χ1v) is 7.34. The summed E-state index contributed by atoms with van der Waals surface area (Å²) >= 11 is 0. The molecule has 0 aromatic carbocycles. The molecule has 1 atom stereocenters. The van der Waals surface area contributed by atoms with Crippen molar-refractivity contribution in [2.24, 2.45) is 0 Å². The topological polar surface area (TPSA) is 64.1 Å². The minimum Gasteiger partial charge on any atom is -0.480 e. The lowest BCUT2D eigenvalue weighted by Gasteiger charge is -2.43. The van der Waals surface area contributed by atoms with Gasteiger partial charge in [-0.1, -0.05) is 0 Å². The van der Waals surface area contributed by atoms with Gasteiger partial charge in [-0.2, -0.15) is 0 Å². The Labute approximate surface area is 120 Å². The molecule has 0 bridgehead atoms. The minimum absolute atomic E-state index is 0.108. The van der Waals surface area contributed by atoms with Crippen LogP contribution in [0.4, 0.5) is 4.79 Å². The van der Waals surface area contributed by atoms with Gasteiger partial charge < -0.3 is 14.9 Å². The second-order valence-corrected chi connectivity index (χ2v) is 6.62. The highest BCUT2D eigenvalue weighted by Gasteiger charge is 2.37. The number of rotatable bonds is 1. The molecule has 6 nitrogen and oxygen atoms in total. The minimum atomic E-state index is -0.885. The molecule has 0 spiro atoms. The van der Waals surface area contributed by atoms with E-state index in [1.165, 1.54) is 4.90 Å². The highest BCUT2D eigenvalue weighted by atomic mass is 16.4. The first-order chi connectivity index (χ1) is 9.30. The first-order valence-electron chi connectivity index (χ1n) is 7.34. The quantitative estimate of drug-likeness (QED) is 0.782. The molecule has 2 rings (SSSR count). The third-order valence-electron chi connectivity index (χ3n) is 4.28. The van der Waals surface area contributed by atoms with Crippen molar-refractivity contribution in [1.29, 1.82) is 0 Å². The number of hydrogen-bond acceptors (Lipinski definition) is 3. The highest BCUT2D eigenvalue weighted by Crippen LogP contribution is 2.21. The van der Waals surface area contributed by atoms with Crippen LogP contribution in [-0.4, -0.2) is 76.1 Å². The summed E-state index contributed by atoms with van der Waals surface area (Å²) in [6.07, 6.45) is 1.35. The van der Waals surface area contributed by atoms with Crippen LogP contribution in [0.3, 0.4) is 0 Å². The Morgan fingerprint density at radius 2 is 1.65 bits per heavy atom. The number of likely N-dealkylation sites (tertiary alicyclic amines) is 1. The number of carbonyl (C=O) groups excluding carboxylic acids is 1. The third-order valence-corrected chi connectivity index (χ3v) is 4.28. The zero-order valence-corrected chi connectivity index (χ0v) is 12.6. The molecule has 20 heavy (non-hydrogen) atoms. The van der Waals surface area contributed by atoms with E-state index in [-0.39, 0.29) is 11.6 Å². The van der Waals surface area contributed by atoms with E-state index in [0.29, 0.717) is 26.1 Å². The molecule has 0 radical (unpaired) electrons. The van der Waals surface area contributed by atoms with Gasteiger partial charge in [0, 0.05) is 38.3 Å². The number of nitrogens with zero attached hydrogens (tertiary/aromatic N) is 3. The van der Waals surface area contributed by atoms with Gasteiger partial charge in [0.15, 0.2) is 0 Å². The number of piperazine rings is 1. The van der Waals surface area contributed by atoms with E-state index in [2.05, 4.69) is 25.7 Å². The van der Waals surface area contributed by atoms with Crippen LogP contribution < -0.4 is 0 Å². The fraction of sp³-hybridized carbons (Fsp3) is 0.857. The van der Waals surface area contributed by atoms with Crippen molar-refractivity contribution >= 4 is 12.0 Å². The molecule has 0 saturated carbocycles. The Morgan fingerprint density at radius 3 is 2.15 bits per heavy atom. The molecule has 2 aliphatic heterocycles. The monoisotopic (exact) mass is 283 g/mol. The summed E-state index contributed by atoms with van der Waals surface area (Å²) in [4.78, 5) is 29.3. The lowest BCUT2D eigenvalue weighted by molar-refractivity contribution is -0.141. The van der Waals surface area contributed by atoms with Crippen LogP contribution in [0.25, 0.3) is 0 Å². The Hall–Kier alpha value is -1.30. The average Bonchev–Trinajstić information content (AvgIpc) is 2.86. The second-order valence-electron chi connectivity index (χ2n) is 6.62. The maximum absolute atomic E-state index is 12.4. The molecule has 6 heteroatoms. The lowest BCUT2D eigenvalue weighted by atomic mass is 10.1. The Bertz CT molecular complexity index is 384. The number of amides is 2. The lowest BCUT2D eigenvalue weighted by Crippen LogP contribution is -2.57. The number of carbonyl (C=O) groups is 2. The van der Waals surface area contributed by atoms with Gasteiger partial charge in [0.1, 0.15) is 6.04 Å². The summed E-state index contributed by atoms with van der Waals surface area (Å²) in [5.74, 6) is -0.885. The van der Waals surface area contributed by atoms with Crippen LogP contribution in [-0.2, 0) is 4.79 Å². The molecule has 1 unspecified atom stereocenters. The molecule has 114 valence electrons. The van der Waals surface area contributed by atoms with Crippen molar-refractivity contribution in [3.05, 3.63) is 0 Å². The highest BCUT2D eigenvalue weighted by molar-refractivity contribution is 5.83. The fourth-order valence-electron chi connectivity index (χ4n) is 3.00. The predicted molar refractivity (Wildman–Crippen MR) is 75.7 cm³/mol. The largest absolute Gasteiger partial charge is 0.480 e. The third kappa shape index (κ3) is 3.06. The summed E-state index contributed by atoms with van der Waals surface area (Å²) in [5.41, 5.74) is 0.117. The maximum Gasteiger partial charge on any atom is 0.326 e. The molecule has 0 aliphatic carbocycles. The van der Waals surface area contributed by atoms with E-state index in [1.54, 1.807) is 4.90 Å². The zero-order chi connectivity index (χ0) is 14.9. The number of hydrogen-bond donors (Lipinski definition) is 1. The van der Waals surface area contributed by atoms with Gasteiger partial charge in [0.2, 0.25) is 0 Å². The molecule has 1 N–H and O–H groups in total. The summed E-state index contributed by atoms with van der Waals surface area (Å²) < 4.78 is 0. The molecule has 0 aromatic heterocycles. The average molecular weight is 283 g/mol. The van der Waals surface area contributed by atoms with Crippen LogP contribution in [0.5, 0.6) is 0 Å². The van der Waals surface area contributed by atoms with E-state index in [9.17, 15) is 9.59 Å². The molecule has 0 aromatic rings. The number of carboxylic acid groups (broad SMARTS) is 1. The standard InChI is InChI=1S/C14H25N3O3/c1-14(2,3)16-9-7-15(8-10-16)13(20)17-6-4-5-11(17)12(18)19/h11H,4-10H2,1-3H3,(H,18,19). The van der Waals surface area contributed by atoms with Crippen molar-refractivity contribution in [3.63, 3.8) is 0 Å². The molecule has 2 amide bonds. The molecular formula is C14H25N3O3. The number of aliphatic carboxylic acids is 1. The number of carboxylic acids is 1. The zero-order valence-electron chi connectivity index (χ0n) is 12.6. The van der Waals surface area contributed by atoms with Crippen molar-refractivity contribution in [1.82, 2.24) is 14.7 Å². The van der Waals surface area contributed by atoms with Gasteiger partial charge in [0.05, 0.1) is 0 Å². The molecule has 2 heterocycles. The van der Waals surface area contributed by atoms with Crippen molar-refractivity contribution in [2.75, 3.05) is 32.7 Å². The van der Waals surface area contributed by atoms with Crippen LogP contribution >= 0.6 is 0 Å². The van der Waals surface area contributed by atoms with Crippen molar-refractivity contribution in [2.45, 2.75) is 45.2 Å². The Balaban J connectivity index is 1.93. The SMILES string of the molecule is CC(C)(C)N1CCN(C(=O)N2CCCC2C(=O)O)CC1. The smallest absolute Gasteiger partial charge is 0.326 e. The van der Waals surface area contributed by atoms with Gasteiger partial charge in [-0.25, -0.2) is 9.59 Å². The summed E-state index contributed by atoms with van der Waals surface area (Å²) in [6.45, 7) is 10.1. The summed E-state index contributed by atoms with van der Waals surface area (Å²) in [5, 5.41) is 9.16. The van der Waals surface area contributed by atoms with Crippen LogP contribution in [0, 0.1) is 0 Å². The van der Waals surface area contributed by atoms with E-state index in [4.69, 9.17) is 5.11 Å². The summed E-state index contributed by atoms with van der Waals surface area (Å²) in [7, 11) is 0. The van der Waals surface area contributed by atoms with Gasteiger partial charge in [0.25, 0.3) is 0 Å². The fourth-order valence-corrected chi connectivity index (χ4v) is 3.00. The van der Waals surface area contributed by atoms with Gasteiger partial charge in [-0.15, -0.1) is 0 Å². The first kappa shape index (κ1) is 15.1. The van der Waals surface area contributed by atoms with Crippen LogP contribution in [0.15, 0.2) is 0 Å². The Kier molecular flexibility index (Phi) is 4.22. The predicted octanol–water partition coefficient (Wildman–Crippen LogP) is 1.07. The van der Waals surface area contributed by atoms with Gasteiger partial charge in [-0.05, 0) is 33.6 Å². The van der Waals surface area contributed by atoms with Gasteiger partial charge >= 0.3 is 12.0 Å². The van der Waals surface area contributed by atoms with Gasteiger partial charge in [-0.3, -0.25) is 4.90 Å². The molecule has 2 saturated heterocycles. The van der Waals surface area contributed by atoms with E-state index < -0.39 is 12.0 Å². The van der Waals surface area contributed by atoms with E-state index in [1.807, 2.05) is 0 Å². The van der Waals surface area contributed by atoms with E-state index in [0.717, 1.165) is 19.5 Å². The second kappa shape index (κ2) is 5.60. The summed E-state index contributed by atoms with van der Waals surface area (Å²) in [6, 6.07) is -0.744. The molecule has 2 fully saturated rings. The Morgan fingerprint density at radius 1 is 1.05 bits per heavy atom. The number of urea groups is 1. The maximum atomic E-state index is 12.4. The molecule has 2 aliphatic rings. The van der Waals surface area contributed by atoms with Crippen molar-refractivity contribution in [3.8, 4) is 0 Å². The van der Waals surface area contributed by atoms with Crippen molar-refractivity contribution < 1.29 is 14.7 Å². The normalized spacial score (nSPS) is 25.1.